The Hall–Kier alpha value is -1.23. The van der Waals surface area contributed by atoms with Crippen molar-refractivity contribution in [3.8, 4) is 0 Å². The van der Waals surface area contributed by atoms with E-state index < -0.39 is 17.8 Å². The lowest BCUT2D eigenvalue weighted by Gasteiger charge is -2.30. The normalized spacial score (nSPS) is 23.9. The van der Waals surface area contributed by atoms with E-state index in [2.05, 4.69) is 12.2 Å². The van der Waals surface area contributed by atoms with Gasteiger partial charge in [-0.05, 0) is 45.1 Å². The second-order valence-corrected chi connectivity index (χ2v) is 5.82. The maximum absolute atomic E-state index is 11.4. The molecule has 0 spiro atoms. The first-order valence-corrected chi connectivity index (χ1v) is 6.34. The monoisotopic (exact) mass is 256 g/mol. The Morgan fingerprint density at radius 2 is 2.22 bits per heavy atom. The summed E-state index contributed by atoms with van der Waals surface area (Å²) in [7, 11) is 0. The van der Waals surface area contributed by atoms with E-state index in [4.69, 9.17) is 10.5 Å². The van der Waals surface area contributed by atoms with Crippen molar-refractivity contribution in [2.24, 2.45) is 11.7 Å². The molecule has 0 aromatic heterocycles. The fraction of sp³-hybridized carbons (Fsp3) is 0.769. The maximum Gasteiger partial charge on any atom is 0.407 e. The van der Waals surface area contributed by atoms with Crippen LogP contribution in [-0.2, 0) is 4.74 Å². The van der Waals surface area contributed by atoms with Gasteiger partial charge in [-0.15, -0.1) is 0 Å². The lowest BCUT2D eigenvalue weighted by atomic mass is 9.79. The number of hydrogen-bond donors (Lipinski definition) is 3. The molecular formula is C13H24N2O3. The van der Waals surface area contributed by atoms with Gasteiger partial charge in [-0.2, -0.15) is 0 Å². The highest BCUT2D eigenvalue weighted by atomic mass is 16.6. The molecule has 0 aromatic carbocycles. The molecule has 104 valence electrons. The van der Waals surface area contributed by atoms with Crippen molar-refractivity contribution in [2.45, 2.75) is 52.2 Å². The average Bonchev–Trinajstić information content (AvgIpc) is 2.21. The number of ether oxygens (including phenoxy) is 1. The number of allylic oxidation sites excluding steroid dienone is 1. The predicted molar refractivity (Wildman–Crippen MR) is 69.9 cm³/mol. The van der Waals surface area contributed by atoms with Crippen molar-refractivity contribution in [2.75, 3.05) is 6.54 Å². The first kappa shape index (κ1) is 14.8. The van der Waals surface area contributed by atoms with Crippen molar-refractivity contribution >= 4 is 6.09 Å². The summed E-state index contributed by atoms with van der Waals surface area (Å²) in [6.45, 7) is 7.52. The number of aliphatic hydroxyl groups excluding tert-OH is 1. The molecule has 0 saturated heterocycles. The van der Waals surface area contributed by atoms with Crippen LogP contribution in [0.4, 0.5) is 4.79 Å². The van der Waals surface area contributed by atoms with Gasteiger partial charge in [0.2, 0.25) is 0 Å². The highest BCUT2D eigenvalue weighted by Crippen LogP contribution is 2.34. The van der Waals surface area contributed by atoms with Crippen LogP contribution in [0.1, 0.15) is 40.5 Å². The van der Waals surface area contributed by atoms with Gasteiger partial charge in [0.1, 0.15) is 11.7 Å². The molecule has 0 heterocycles. The Morgan fingerprint density at radius 3 is 2.61 bits per heavy atom. The number of amides is 1. The number of rotatable bonds is 3. The lowest BCUT2D eigenvalue weighted by molar-refractivity contribution is 0.0502. The standard InChI is InChI=1S/C13H24N2O3/c1-8-5-6-9(8)11(14)10(16)7-15-12(17)18-13(2,3)4/h8,10,16H,5-7,14H2,1-4H3,(H,15,17)/b11-9+. The molecule has 1 amide bonds. The molecule has 1 rings (SSSR count). The molecule has 1 fully saturated rings. The first-order chi connectivity index (χ1) is 8.20. The zero-order valence-corrected chi connectivity index (χ0v) is 11.6. The van der Waals surface area contributed by atoms with Crippen molar-refractivity contribution in [3.63, 3.8) is 0 Å². The smallest absolute Gasteiger partial charge is 0.407 e. The fourth-order valence-corrected chi connectivity index (χ4v) is 1.82. The van der Waals surface area contributed by atoms with Crippen LogP contribution in [0.25, 0.3) is 0 Å². The van der Waals surface area contributed by atoms with Crippen LogP contribution < -0.4 is 11.1 Å². The number of alkyl carbamates (subject to hydrolysis) is 1. The van der Waals surface area contributed by atoms with Crippen LogP contribution in [0.15, 0.2) is 11.3 Å². The minimum Gasteiger partial charge on any atom is -0.444 e. The van der Waals surface area contributed by atoms with Crippen LogP contribution in [0.2, 0.25) is 0 Å². The van der Waals surface area contributed by atoms with Crippen LogP contribution in [0.5, 0.6) is 0 Å². The minimum atomic E-state index is -0.838. The van der Waals surface area contributed by atoms with Gasteiger partial charge in [0.05, 0.1) is 6.54 Å². The van der Waals surface area contributed by atoms with Gasteiger partial charge in [-0.1, -0.05) is 6.92 Å². The Kier molecular flexibility index (Phi) is 4.62. The van der Waals surface area contributed by atoms with E-state index in [9.17, 15) is 9.90 Å². The zero-order chi connectivity index (χ0) is 13.9. The number of carbonyl (C=O) groups excluding carboxylic acids is 1. The number of aliphatic hydroxyl groups is 1. The molecule has 1 aliphatic rings. The summed E-state index contributed by atoms with van der Waals surface area (Å²) in [5.74, 6) is 0.446. The molecule has 1 aliphatic carbocycles. The molecule has 5 heteroatoms. The highest BCUT2D eigenvalue weighted by Gasteiger charge is 2.25. The zero-order valence-electron chi connectivity index (χ0n) is 11.6. The maximum atomic E-state index is 11.4. The second kappa shape index (κ2) is 5.61. The van der Waals surface area contributed by atoms with E-state index in [1.54, 1.807) is 20.8 Å². The predicted octanol–water partition coefficient (Wildman–Crippen LogP) is 1.51. The SMILES string of the molecule is CC1CC/C1=C(\N)C(O)CNC(=O)OC(C)(C)C. The average molecular weight is 256 g/mol. The Labute approximate surface area is 108 Å². The summed E-state index contributed by atoms with van der Waals surface area (Å²) in [6.07, 6.45) is 0.676. The summed E-state index contributed by atoms with van der Waals surface area (Å²) in [4.78, 5) is 11.4. The van der Waals surface area contributed by atoms with E-state index in [-0.39, 0.29) is 6.54 Å². The summed E-state index contributed by atoms with van der Waals surface area (Å²) in [5, 5.41) is 12.4. The highest BCUT2D eigenvalue weighted by molar-refractivity contribution is 5.67. The van der Waals surface area contributed by atoms with E-state index in [0.717, 1.165) is 18.4 Å². The lowest BCUT2D eigenvalue weighted by Crippen LogP contribution is -2.39. The topological polar surface area (TPSA) is 84.6 Å². The van der Waals surface area contributed by atoms with Crippen molar-refractivity contribution in [1.29, 1.82) is 0 Å². The summed E-state index contributed by atoms with van der Waals surface area (Å²) in [5.41, 5.74) is 6.92. The largest absolute Gasteiger partial charge is 0.444 e. The summed E-state index contributed by atoms with van der Waals surface area (Å²) >= 11 is 0. The molecule has 1 saturated carbocycles. The summed E-state index contributed by atoms with van der Waals surface area (Å²) in [6, 6.07) is 0. The molecule has 2 atom stereocenters. The van der Waals surface area contributed by atoms with Crippen LogP contribution in [0.3, 0.4) is 0 Å². The van der Waals surface area contributed by atoms with Gasteiger partial charge < -0.3 is 20.9 Å². The Bertz CT molecular complexity index is 345. The van der Waals surface area contributed by atoms with Gasteiger partial charge in [0.25, 0.3) is 0 Å². The van der Waals surface area contributed by atoms with Gasteiger partial charge >= 0.3 is 6.09 Å². The minimum absolute atomic E-state index is 0.0803. The Morgan fingerprint density at radius 1 is 1.61 bits per heavy atom. The Balaban J connectivity index is 2.40. The van der Waals surface area contributed by atoms with Crippen LogP contribution >= 0.6 is 0 Å². The first-order valence-electron chi connectivity index (χ1n) is 6.34. The van der Waals surface area contributed by atoms with Gasteiger partial charge in [-0.3, -0.25) is 0 Å². The summed E-state index contributed by atoms with van der Waals surface area (Å²) < 4.78 is 5.07. The molecule has 0 bridgehead atoms. The van der Waals surface area contributed by atoms with E-state index in [1.807, 2.05) is 0 Å². The van der Waals surface area contributed by atoms with E-state index in [0.29, 0.717) is 11.6 Å². The van der Waals surface area contributed by atoms with E-state index in [1.165, 1.54) is 0 Å². The van der Waals surface area contributed by atoms with Crippen molar-refractivity contribution < 1.29 is 14.6 Å². The number of hydrogen-bond acceptors (Lipinski definition) is 4. The number of nitrogens with one attached hydrogen (secondary N) is 1. The third-order valence-corrected chi connectivity index (χ3v) is 3.01. The number of nitrogens with two attached hydrogens (primary N) is 1. The van der Waals surface area contributed by atoms with Gasteiger partial charge in [-0.25, -0.2) is 4.79 Å². The molecule has 2 unspecified atom stereocenters. The molecule has 18 heavy (non-hydrogen) atoms. The fourth-order valence-electron chi connectivity index (χ4n) is 1.82. The molecule has 5 nitrogen and oxygen atoms in total. The van der Waals surface area contributed by atoms with Gasteiger partial charge in [0, 0.05) is 5.70 Å². The quantitative estimate of drug-likeness (QED) is 0.714. The number of carbonyl (C=O) groups is 1. The van der Waals surface area contributed by atoms with Gasteiger partial charge in [0.15, 0.2) is 0 Å². The molecule has 0 aliphatic heterocycles. The molecule has 0 aromatic rings. The third-order valence-electron chi connectivity index (χ3n) is 3.01. The molecule has 0 radical (unpaired) electrons. The third kappa shape index (κ3) is 4.22. The second-order valence-electron chi connectivity index (χ2n) is 5.82. The molecule has 4 N–H and O–H groups in total. The van der Waals surface area contributed by atoms with Crippen LogP contribution in [0, 0.1) is 5.92 Å². The van der Waals surface area contributed by atoms with Crippen LogP contribution in [-0.4, -0.2) is 29.4 Å². The molecular weight excluding hydrogens is 232 g/mol. The van der Waals surface area contributed by atoms with Crippen molar-refractivity contribution in [3.05, 3.63) is 11.3 Å². The van der Waals surface area contributed by atoms with Crippen molar-refractivity contribution in [1.82, 2.24) is 5.32 Å². The van der Waals surface area contributed by atoms with E-state index >= 15 is 0 Å².